The van der Waals surface area contributed by atoms with Crippen molar-refractivity contribution in [3.8, 4) is 0 Å². The number of ketones is 2. The molecule has 1 aliphatic rings. The van der Waals surface area contributed by atoms with Crippen molar-refractivity contribution in [3.05, 3.63) is 56.8 Å². The summed E-state index contributed by atoms with van der Waals surface area (Å²) in [5.74, 6) is 1.76. The van der Waals surface area contributed by atoms with E-state index in [1.807, 2.05) is 6.92 Å². The van der Waals surface area contributed by atoms with Crippen molar-refractivity contribution in [3.63, 3.8) is 0 Å². The second-order valence-electron chi connectivity index (χ2n) is 7.84. The topological polar surface area (TPSA) is 34.1 Å². The fourth-order valence-corrected chi connectivity index (χ4v) is 4.57. The van der Waals surface area contributed by atoms with Gasteiger partial charge in [-0.1, -0.05) is 44.5 Å². The molecule has 0 radical (unpaired) electrons. The molecule has 146 valence electrons. The number of rotatable bonds is 5. The van der Waals surface area contributed by atoms with Crippen LogP contribution in [0.15, 0.2) is 30.3 Å². The third-order valence-electron chi connectivity index (χ3n) is 5.17. The molecule has 0 spiro atoms. The summed E-state index contributed by atoms with van der Waals surface area (Å²) in [6.07, 6.45) is 5.47. The summed E-state index contributed by atoms with van der Waals surface area (Å²) in [5.41, 5.74) is 4.64. The number of carbonyl (C=O) groups excluding carboxylic acids is 2. The average molecular weight is 385 g/mol. The number of benzene rings is 1. The largest absolute Gasteiger partial charge is 0.294 e. The van der Waals surface area contributed by atoms with Gasteiger partial charge in [-0.05, 0) is 74.6 Å². The Balaban J connectivity index is 0.000000194. The average Bonchev–Trinajstić information content (AvgIpc) is 3.12. The zero-order valence-corrected chi connectivity index (χ0v) is 18.1. The highest BCUT2D eigenvalue weighted by molar-refractivity contribution is 7.16. The van der Waals surface area contributed by atoms with Crippen LogP contribution >= 0.6 is 11.3 Å². The van der Waals surface area contributed by atoms with Crippen LogP contribution in [0.2, 0.25) is 0 Å². The Labute approximate surface area is 168 Å². The molecule has 0 aliphatic heterocycles. The van der Waals surface area contributed by atoms with Gasteiger partial charge in [0.25, 0.3) is 0 Å². The van der Waals surface area contributed by atoms with Crippen LogP contribution in [0.3, 0.4) is 0 Å². The maximum Gasteiger partial charge on any atom is 0.172 e. The summed E-state index contributed by atoms with van der Waals surface area (Å²) in [5, 5.41) is 0. The Morgan fingerprint density at radius 3 is 2.44 bits per heavy atom. The number of aryl methyl sites for hydroxylation is 2. The van der Waals surface area contributed by atoms with Crippen LogP contribution in [-0.4, -0.2) is 11.6 Å². The van der Waals surface area contributed by atoms with Crippen molar-refractivity contribution in [2.45, 2.75) is 72.6 Å². The smallest absolute Gasteiger partial charge is 0.172 e. The van der Waals surface area contributed by atoms with Crippen molar-refractivity contribution >= 4 is 22.9 Å². The van der Waals surface area contributed by atoms with Crippen LogP contribution in [-0.2, 0) is 6.42 Å². The fraction of sp³-hybridized carbons (Fsp3) is 0.500. The molecular formula is C24H32O2S. The van der Waals surface area contributed by atoms with E-state index in [0.29, 0.717) is 16.2 Å². The summed E-state index contributed by atoms with van der Waals surface area (Å²) in [6.45, 7) is 10.4. The van der Waals surface area contributed by atoms with Crippen LogP contribution in [0.5, 0.6) is 0 Å². The van der Waals surface area contributed by atoms with E-state index in [2.05, 4.69) is 39.0 Å². The van der Waals surface area contributed by atoms with Gasteiger partial charge in [0.15, 0.2) is 11.6 Å². The quantitative estimate of drug-likeness (QED) is 0.520. The molecule has 2 nitrogen and oxygen atoms in total. The number of thiophene rings is 1. The lowest BCUT2D eigenvalue weighted by Gasteiger charge is -2.28. The van der Waals surface area contributed by atoms with Gasteiger partial charge in [-0.3, -0.25) is 9.59 Å². The molecule has 0 saturated carbocycles. The summed E-state index contributed by atoms with van der Waals surface area (Å²) in [4.78, 5) is 23.7. The molecule has 1 unspecified atom stereocenters. The van der Waals surface area contributed by atoms with E-state index in [-0.39, 0.29) is 11.6 Å². The van der Waals surface area contributed by atoms with E-state index < -0.39 is 0 Å². The minimum absolute atomic E-state index is 0.0283. The van der Waals surface area contributed by atoms with E-state index >= 15 is 0 Å². The summed E-state index contributed by atoms with van der Waals surface area (Å²) < 4.78 is 0. The zero-order chi connectivity index (χ0) is 20.0. The number of fused-ring (bicyclic) bond motifs is 1. The molecule has 1 atom stereocenters. The minimum Gasteiger partial charge on any atom is -0.294 e. The van der Waals surface area contributed by atoms with Crippen LogP contribution in [0, 0.1) is 12.8 Å². The lowest BCUT2D eigenvalue weighted by atomic mass is 9.77. The Kier molecular flexibility index (Phi) is 7.97. The number of hydrogen-bond acceptors (Lipinski definition) is 3. The first-order valence-electron chi connectivity index (χ1n) is 10.1. The van der Waals surface area contributed by atoms with E-state index in [0.717, 1.165) is 18.3 Å². The molecule has 3 rings (SSSR count). The summed E-state index contributed by atoms with van der Waals surface area (Å²) in [7, 11) is 0. The van der Waals surface area contributed by atoms with E-state index in [1.165, 1.54) is 43.1 Å². The molecule has 3 heteroatoms. The van der Waals surface area contributed by atoms with Crippen LogP contribution in [0.1, 0.15) is 95.3 Å². The first-order chi connectivity index (χ1) is 12.8. The molecule has 0 saturated heterocycles. The predicted molar refractivity (Wildman–Crippen MR) is 115 cm³/mol. The van der Waals surface area contributed by atoms with Gasteiger partial charge in [-0.25, -0.2) is 0 Å². The Morgan fingerprint density at radius 2 is 1.85 bits per heavy atom. The predicted octanol–water partition coefficient (Wildman–Crippen LogP) is 7.00. The van der Waals surface area contributed by atoms with Crippen molar-refractivity contribution < 1.29 is 9.59 Å². The number of hydrogen-bond donors (Lipinski definition) is 0. The maximum atomic E-state index is 11.4. The van der Waals surface area contributed by atoms with Crippen molar-refractivity contribution in [1.29, 1.82) is 0 Å². The van der Waals surface area contributed by atoms with E-state index in [4.69, 9.17) is 0 Å². The van der Waals surface area contributed by atoms with Crippen molar-refractivity contribution in [2.75, 3.05) is 0 Å². The van der Waals surface area contributed by atoms with Crippen LogP contribution < -0.4 is 0 Å². The molecule has 1 aromatic heterocycles. The first-order valence-corrected chi connectivity index (χ1v) is 10.9. The molecule has 1 aliphatic carbocycles. The highest BCUT2D eigenvalue weighted by atomic mass is 32.1. The standard InChI is InChI=1S/C14H20.C10H12O2S/c1-10(2)13-6-4-5-12-9-11(3)7-8-14(12)13;1-3-4-8(12)10-6-5-9(13-10)7(2)11/h7-10,13H,4-6H2,1-3H3;5-6H,3-4H2,1-2H3. The summed E-state index contributed by atoms with van der Waals surface area (Å²) >= 11 is 1.29. The van der Waals surface area contributed by atoms with Gasteiger partial charge in [0, 0.05) is 6.42 Å². The van der Waals surface area contributed by atoms with Crippen LogP contribution in [0.25, 0.3) is 0 Å². The van der Waals surface area contributed by atoms with E-state index in [9.17, 15) is 9.59 Å². The third kappa shape index (κ3) is 5.87. The van der Waals surface area contributed by atoms with Gasteiger partial charge in [-0.15, -0.1) is 11.3 Å². The lowest BCUT2D eigenvalue weighted by Crippen LogP contribution is -2.14. The van der Waals surface area contributed by atoms with Crippen LogP contribution in [0.4, 0.5) is 0 Å². The lowest BCUT2D eigenvalue weighted by molar-refractivity contribution is 0.0984. The number of carbonyl (C=O) groups is 2. The van der Waals surface area contributed by atoms with Gasteiger partial charge in [0.2, 0.25) is 0 Å². The van der Waals surface area contributed by atoms with Gasteiger partial charge < -0.3 is 0 Å². The molecular weight excluding hydrogens is 352 g/mol. The second-order valence-corrected chi connectivity index (χ2v) is 8.92. The summed E-state index contributed by atoms with van der Waals surface area (Å²) in [6, 6.07) is 10.5. The maximum absolute atomic E-state index is 11.4. The molecule has 0 N–H and O–H groups in total. The Morgan fingerprint density at radius 1 is 1.15 bits per heavy atom. The number of Topliss-reactive ketones (excluding diaryl/α,β-unsaturated/α-hetero) is 2. The van der Waals surface area contributed by atoms with Gasteiger partial charge in [0.05, 0.1) is 9.75 Å². The molecule has 1 aromatic carbocycles. The first kappa shape index (κ1) is 21.6. The van der Waals surface area contributed by atoms with Gasteiger partial charge in [0.1, 0.15) is 0 Å². The van der Waals surface area contributed by atoms with E-state index in [1.54, 1.807) is 23.3 Å². The third-order valence-corrected chi connectivity index (χ3v) is 6.40. The Bertz CT molecular complexity index is 785. The Hall–Kier alpha value is -1.74. The van der Waals surface area contributed by atoms with Gasteiger partial charge >= 0.3 is 0 Å². The second kappa shape index (κ2) is 9.98. The monoisotopic (exact) mass is 384 g/mol. The highest BCUT2D eigenvalue weighted by Gasteiger charge is 2.22. The van der Waals surface area contributed by atoms with Crippen molar-refractivity contribution in [2.24, 2.45) is 5.92 Å². The fourth-order valence-electron chi connectivity index (χ4n) is 3.70. The van der Waals surface area contributed by atoms with Gasteiger partial charge in [-0.2, -0.15) is 0 Å². The molecule has 27 heavy (non-hydrogen) atoms. The SMILES string of the molecule is CCCC(=O)c1ccc(C(C)=O)s1.Cc1ccc2c(c1)CCCC2C(C)C. The molecule has 0 amide bonds. The molecule has 2 aromatic rings. The normalized spacial score (nSPS) is 15.7. The molecule has 1 heterocycles. The molecule has 0 fully saturated rings. The minimum atomic E-state index is 0.0283. The highest BCUT2D eigenvalue weighted by Crippen LogP contribution is 2.36. The zero-order valence-electron chi connectivity index (χ0n) is 17.3. The van der Waals surface area contributed by atoms with Crippen molar-refractivity contribution in [1.82, 2.24) is 0 Å². The molecule has 0 bridgehead atoms.